The largest absolute Gasteiger partial charge is 0.503 e. The molecule has 0 aliphatic carbocycles. The maximum Gasteiger partial charge on any atom is 0.290 e. The molecule has 0 radical (unpaired) electrons. The van der Waals surface area contributed by atoms with Crippen LogP contribution in [0.15, 0.2) is 71.1 Å². The van der Waals surface area contributed by atoms with Crippen LogP contribution in [0.1, 0.15) is 36.0 Å². The predicted molar refractivity (Wildman–Crippen MR) is 116 cm³/mol. The van der Waals surface area contributed by atoms with Gasteiger partial charge in [0.2, 0.25) is 5.78 Å². The van der Waals surface area contributed by atoms with Crippen LogP contribution in [0.25, 0.3) is 0 Å². The van der Waals surface area contributed by atoms with E-state index in [0.29, 0.717) is 31.0 Å². The number of aliphatic hydroxyl groups excluding tert-OH is 1. The van der Waals surface area contributed by atoms with Crippen molar-refractivity contribution in [2.24, 2.45) is 0 Å². The van der Waals surface area contributed by atoms with E-state index in [4.69, 9.17) is 9.15 Å². The fraction of sp³-hybridized carbons (Fsp3) is 0.333. The number of nitrogens with zero attached hydrogens (tertiary/aromatic N) is 1. The Kier molecular flexibility index (Phi) is 7.31. The Morgan fingerprint density at radius 3 is 2.55 bits per heavy atom. The van der Waals surface area contributed by atoms with Gasteiger partial charge in [-0.25, -0.2) is 0 Å². The lowest BCUT2D eigenvalue weighted by Crippen LogP contribution is -3.12. The van der Waals surface area contributed by atoms with E-state index < -0.39 is 23.5 Å². The molecule has 0 fully saturated rings. The molecule has 1 aromatic heterocycles. The zero-order chi connectivity index (χ0) is 22.4. The number of furan rings is 1. The van der Waals surface area contributed by atoms with Crippen LogP contribution < -0.4 is 9.64 Å². The van der Waals surface area contributed by atoms with Gasteiger partial charge in [-0.2, -0.15) is 0 Å². The van der Waals surface area contributed by atoms with Crippen molar-refractivity contribution < 1.29 is 28.7 Å². The second kappa shape index (κ2) is 10.1. The second-order valence-electron chi connectivity index (χ2n) is 7.35. The predicted octanol–water partition coefficient (Wildman–Crippen LogP) is 2.35. The summed E-state index contributed by atoms with van der Waals surface area (Å²) in [6, 6.07) is 9.60. The number of amides is 1. The number of ketones is 1. The summed E-state index contributed by atoms with van der Waals surface area (Å²) in [4.78, 5) is 29.0. The van der Waals surface area contributed by atoms with Crippen LogP contribution >= 0.6 is 0 Å². The minimum Gasteiger partial charge on any atom is -0.503 e. The number of benzene rings is 1. The maximum atomic E-state index is 13.1. The van der Waals surface area contributed by atoms with Crippen LogP contribution in [0, 0.1) is 0 Å². The van der Waals surface area contributed by atoms with Crippen molar-refractivity contribution in [1.82, 2.24) is 4.90 Å². The molecule has 0 saturated heterocycles. The van der Waals surface area contributed by atoms with Crippen molar-refractivity contribution in [3.63, 3.8) is 0 Å². The first kappa shape index (κ1) is 22.4. The molecule has 1 aromatic carbocycles. The highest BCUT2D eigenvalue weighted by atomic mass is 16.5. The van der Waals surface area contributed by atoms with E-state index in [1.165, 1.54) is 17.2 Å². The van der Waals surface area contributed by atoms with Crippen molar-refractivity contribution in [3.8, 4) is 5.75 Å². The summed E-state index contributed by atoms with van der Waals surface area (Å²) >= 11 is 0. The number of carbonyl (C=O) groups is 2. The second-order valence-corrected chi connectivity index (χ2v) is 7.35. The van der Waals surface area contributed by atoms with Crippen LogP contribution in [-0.4, -0.2) is 54.5 Å². The molecule has 2 heterocycles. The summed E-state index contributed by atoms with van der Waals surface area (Å²) in [6.07, 6.45) is 3.05. The van der Waals surface area contributed by atoms with E-state index in [-0.39, 0.29) is 11.3 Å². The van der Waals surface area contributed by atoms with E-state index in [0.717, 1.165) is 13.1 Å². The smallest absolute Gasteiger partial charge is 0.290 e. The molecule has 1 amide bonds. The Morgan fingerprint density at radius 2 is 1.97 bits per heavy atom. The summed E-state index contributed by atoms with van der Waals surface area (Å²) in [5.74, 6) is -0.822. The molecule has 2 aromatic rings. The molecule has 1 aliphatic heterocycles. The van der Waals surface area contributed by atoms with Gasteiger partial charge in [0.15, 0.2) is 11.5 Å². The SMILES string of the molecule is C=CCOc1ccc([C@H]2C(C(=O)c3ccco3)=C(O)C(=O)N2CC[NH+](CC)CC)cc1. The van der Waals surface area contributed by atoms with Gasteiger partial charge < -0.3 is 24.1 Å². The Bertz CT molecular complexity index is 943. The number of rotatable bonds is 11. The molecule has 7 heteroatoms. The molecule has 0 bridgehead atoms. The van der Waals surface area contributed by atoms with Gasteiger partial charge in [-0.1, -0.05) is 24.8 Å². The molecule has 1 atom stereocenters. The van der Waals surface area contributed by atoms with Crippen molar-refractivity contribution in [2.45, 2.75) is 19.9 Å². The van der Waals surface area contributed by atoms with Gasteiger partial charge in [-0.15, -0.1) is 0 Å². The average molecular weight is 426 g/mol. The molecular weight excluding hydrogens is 396 g/mol. The number of nitrogens with one attached hydrogen (secondary N) is 1. The van der Waals surface area contributed by atoms with Gasteiger partial charge in [-0.3, -0.25) is 9.59 Å². The fourth-order valence-electron chi connectivity index (χ4n) is 3.79. The van der Waals surface area contributed by atoms with E-state index in [2.05, 4.69) is 20.4 Å². The molecule has 2 N–H and O–H groups in total. The van der Waals surface area contributed by atoms with Gasteiger partial charge in [0.1, 0.15) is 12.4 Å². The van der Waals surface area contributed by atoms with Crippen molar-refractivity contribution in [1.29, 1.82) is 0 Å². The number of aliphatic hydroxyl groups is 1. The van der Waals surface area contributed by atoms with E-state index in [1.807, 2.05) is 12.1 Å². The minimum atomic E-state index is -0.700. The zero-order valence-electron chi connectivity index (χ0n) is 18.0. The Hall–Kier alpha value is -3.32. The molecule has 0 spiro atoms. The first-order valence-corrected chi connectivity index (χ1v) is 10.5. The quantitative estimate of drug-likeness (QED) is 0.427. The van der Waals surface area contributed by atoms with E-state index in [9.17, 15) is 14.7 Å². The first-order chi connectivity index (χ1) is 15.0. The van der Waals surface area contributed by atoms with Gasteiger partial charge >= 0.3 is 0 Å². The Morgan fingerprint density at radius 1 is 1.26 bits per heavy atom. The molecule has 164 valence electrons. The first-order valence-electron chi connectivity index (χ1n) is 10.5. The number of Topliss-reactive ketones (excluding diaryl/α,β-unsaturated/α-hetero) is 1. The lowest BCUT2D eigenvalue weighted by atomic mass is 9.95. The third kappa shape index (κ3) is 4.72. The molecule has 3 rings (SSSR count). The number of likely N-dealkylation sites (N-methyl/N-ethyl adjacent to an activating group) is 1. The molecule has 31 heavy (non-hydrogen) atoms. The number of carbonyl (C=O) groups excluding carboxylic acids is 2. The van der Waals surface area contributed by atoms with Gasteiger partial charge in [0, 0.05) is 0 Å². The van der Waals surface area contributed by atoms with Crippen LogP contribution in [-0.2, 0) is 4.79 Å². The maximum absolute atomic E-state index is 13.1. The third-order valence-corrected chi connectivity index (χ3v) is 5.56. The third-order valence-electron chi connectivity index (χ3n) is 5.56. The minimum absolute atomic E-state index is 0.0363. The number of quaternary nitrogens is 1. The van der Waals surface area contributed by atoms with Crippen molar-refractivity contribution in [3.05, 3.63) is 78.0 Å². The van der Waals surface area contributed by atoms with Gasteiger partial charge in [0.05, 0.1) is 44.1 Å². The Labute approximate surface area is 182 Å². The van der Waals surface area contributed by atoms with Gasteiger partial charge in [0.25, 0.3) is 5.91 Å². The van der Waals surface area contributed by atoms with Crippen LogP contribution in [0.5, 0.6) is 5.75 Å². The summed E-state index contributed by atoms with van der Waals surface area (Å²) in [7, 11) is 0. The topological polar surface area (TPSA) is 84.4 Å². The molecule has 0 saturated carbocycles. The van der Waals surface area contributed by atoms with Crippen LogP contribution in [0.3, 0.4) is 0 Å². The highest BCUT2D eigenvalue weighted by molar-refractivity contribution is 6.15. The summed E-state index contributed by atoms with van der Waals surface area (Å²) < 4.78 is 10.8. The Balaban J connectivity index is 1.96. The number of hydrogen-bond donors (Lipinski definition) is 2. The zero-order valence-corrected chi connectivity index (χ0v) is 18.0. The van der Waals surface area contributed by atoms with Crippen molar-refractivity contribution in [2.75, 3.05) is 32.8 Å². The van der Waals surface area contributed by atoms with Gasteiger partial charge in [-0.05, 0) is 43.7 Å². The summed E-state index contributed by atoms with van der Waals surface area (Å²) in [5, 5.41) is 10.7. The summed E-state index contributed by atoms with van der Waals surface area (Å²) in [5.41, 5.74) is 0.752. The molecule has 7 nitrogen and oxygen atoms in total. The highest BCUT2D eigenvalue weighted by Crippen LogP contribution is 2.39. The normalized spacial score (nSPS) is 16.3. The fourth-order valence-corrected chi connectivity index (χ4v) is 3.79. The number of ether oxygens (including phenoxy) is 1. The standard InChI is InChI=1S/C24H28N2O5/c1-4-15-30-18-11-9-17(10-12-18)21-20(22(27)19-8-7-16-31-19)23(28)24(29)26(21)14-13-25(5-2)6-3/h4,7-12,16,21,28H,1,5-6,13-15H2,2-3H3/p+1/t21-/m0/s1. The molecule has 1 aliphatic rings. The van der Waals surface area contributed by atoms with Crippen molar-refractivity contribution >= 4 is 11.7 Å². The summed E-state index contributed by atoms with van der Waals surface area (Å²) in [6.45, 7) is 11.2. The van der Waals surface area contributed by atoms with Crippen LogP contribution in [0.2, 0.25) is 0 Å². The number of hydrogen-bond acceptors (Lipinski definition) is 5. The monoisotopic (exact) mass is 425 g/mol. The van der Waals surface area contributed by atoms with E-state index >= 15 is 0 Å². The lowest BCUT2D eigenvalue weighted by Gasteiger charge is -2.28. The lowest BCUT2D eigenvalue weighted by molar-refractivity contribution is -0.895. The molecule has 0 unspecified atom stereocenters. The average Bonchev–Trinajstić information content (AvgIpc) is 3.41. The van der Waals surface area contributed by atoms with Crippen LogP contribution in [0.4, 0.5) is 0 Å². The molecular formula is C24H29N2O5+. The highest BCUT2D eigenvalue weighted by Gasteiger charge is 2.44. The van der Waals surface area contributed by atoms with E-state index in [1.54, 1.807) is 29.2 Å².